The molecule has 1 aromatic rings. The van der Waals surface area contributed by atoms with Gasteiger partial charge >= 0.3 is 0 Å². The first-order valence-electron chi connectivity index (χ1n) is 6.80. The first kappa shape index (κ1) is 13.5. The summed E-state index contributed by atoms with van der Waals surface area (Å²) < 4.78 is 7.33. The third-order valence-electron chi connectivity index (χ3n) is 3.76. The van der Waals surface area contributed by atoms with Crippen LogP contribution in [0.25, 0.3) is 0 Å². The van der Waals surface area contributed by atoms with Crippen LogP contribution in [0.5, 0.6) is 0 Å². The zero-order valence-corrected chi connectivity index (χ0v) is 11.7. The van der Waals surface area contributed by atoms with Gasteiger partial charge in [0, 0.05) is 13.7 Å². The molecule has 1 aliphatic heterocycles. The van der Waals surface area contributed by atoms with Crippen molar-refractivity contribution in [1.29, 1.82) is 0 Å². The summed E-state index contributed by atoms with van der Waals surface area (Å²) in [6, 6.07) is 0. The Kier molecular flexibility index (Phi) is 4.35. The van der Waals surface area contributed by atoms with Gasteiger partial charge in [-0.2, -0.15) is 0 Å². The van der Waals surface area contributed by atoms with Crippen molar-refractivity contribution in [3.05, 3.63) is 11.9 Å². The smallest absolute Gasteiger partial charge is 0.114 e. The molecule has 1 fully saturated rings. The van der Waals surface area contributed by atoms with Crippen LogP contribution < -0.4 is 0 Å². The van der Waals surface area contributed by atoms with E-state index >= 15 is 0 Å². The molecule has 0 aliphatic carbocycles. The van der Waals surface area contributed by atoms with Crippen molar-refractivity contribution in [2.24, 2.45) is 0 Å². The van der Waals surface area contributed by atoms with Crippen molar-refractivity contribution in [1.82, 2.24) is 19.9 Å². The van der Waals surface area contributed by atoms with Gasteiger partial charge in [0.25, 0.3) is 0 Å². The first-order valence-corrected chi connectivity index (χ1v) is 6.80. The standard InChI is InChI=1S/C13H24N4O/c1-13(2,18-3)12-11-17(15-14-12)10-9-16-7-5-4-6-8-16/h11H,4-10H2,1-3H3. The van der Waals surface area contributed by atoms with Gasteiger partial charge in [0.2, 0.25) is 0 Å². The second-order valence-corrected chi connectivity index (χ2v) is 5.48. The van der Waals surface area contributed by atoms with E-state index in [1.807, 2.05) is 24.7 Å². The molecular weight excluding hydrogens is 228 g/mol. The van der Waals surface area contributed by atoms with E-state index in [2.05, 4.69) is 15.2 Å². The van der Waals surface area contributed by atoms with Crippen LogP contribution >= 0.6 is 0 Å². The predicted octanol–water partition coefficient (Wildman–Crippen LogP) is 1.65. The van der Waals surface area contributed by atoms with Gasteiger partial charge in [0.05, 0.1) is 12.7 Å². The summed E-state index contributed by atoms with van der Waals surface area (Å²) in [5.74, 6) is 0. The highest BCUT2D eigenvalue weighted by molar-refractivity contribution is 5.03. The van der Waals surface area contributed by atoms with E-state index in [0.29, 0.717) is 0 Å². The Hall–Kier alpha value is -0.940. The van der Waals surface area contributed by atoms with E-state index in [-0.39, 0.29) is 5.60 Å². The fourth-order valence-electron chi connectivity index (χ4n) is 2.22. The van der Waals surface area contributed by atoms with Gasteiger partial charge in [0.1, 0.15) is 11.3 Å². The van der Waals surface area contributed by atoms with Crippen LogP contribution in [-0.4, -0.2) is 46.6 Å². The van der Waals surface area contributed by atoms with Crippen molar-refractivity contribution in [3.8, 4) is 0 Å². The highest BCUT2D eigenvalue weighted by atomic mass is 16.5. The first-order chi connectivity index (χ1) is 8.62. The fourth-order valence-corrected chi connectivity index (χ4v) is 2.22. The van der Waals surface area contributed by atoms with Gasteiger partial charge in [-0.25, -0.2) is 0 Å². The lowest BCUT2D eigenvalue weighted by molar-refractivity contribution is 0.0154. The maximum absolute atomic E-state index is 5.41. The van der Waals surface area contributed by atoms with Gasteiger partial charge < -0.3 is 9.64 Å². The molecule has 1 aliphatic rings. The number of methoxy groups -OCH3 is 1. The third-order valence-corrected chi connectivity index (χ3v) is 3.76. The highest BCUT2D eigenvalue weighted by Crippen LogP contribution is 2.20. The molecule has 102 valence electrons. The molecule has 2 rings (SSSR count). The molecule has 18 heavy (non-hydrogen) atoms. The summed E-state index contributed by atoms with van der Waals surface area (Å²) in [6.07, 6.45) is 6.04. The lowest BCUT2D eigenvalue weighted by Crippen LogP contribution is -2.32. The zero-order valence-electron chi connectivity index (χ0n) is 11.7. The van der Waals surface area contributed by atoms with E-state index in [0.717, 1.165) is 18.8 Å². The molecule has 0 spiro atoms. The van der Waals surface area contributed by atoms with Crippen LogP contribution in [0.2, 0.25) is 0 Å². The van der Waals surface area contributed by atoms with Crippen molar-refractivity contribution in [2.75, 3.05) is 26.7 Å². The Morgan fingerprint density at radius 1 is 1.22 bits per heavy atom. The van der Waals surface area contributed by atoms with Crippen LogP contribution in [0.15, 0.2) is 6.20 Å². The molecule has 5 heteroatoms. The molecule has 0 bridgehead atoms. The van der Waals surface area contributed by atoms with Gasteiger partial charge in [-0.15, -0.1) is 5.10 Å². The summed E-state index contributed by atoms with van der Waals surface area (Å²) in [5, 5.41) is 8.37. The molecule has 0 saturated carbocycles. The number of ether oxygens (including phenoxy) is 1. The Morgan fingerprint density at radius 3 is 2.61 bits per heavy atom. The molecule has 1 saturated heterocycles. The van der Waals surface area contributed by atoms with Crippen molar-refractivity contribution in [2.45, 2.75) is 45.3 Å². The van der Waals surface area contributed by atoms with Gasteiger partial charge in [-0.1, -0.05) is 11.6 Å². The number of likely N-dealkylation sites (tertiary alicyclic amines) is 1. The maximum Gasteiger partial charge on any atom is 0.114 e. The summed E-state index contributed by atoms with van der Waals surface area (Å²) in [5.41, 5.74) is 0.534. The molecule has 0 atom stereocenters. The topological polar surface area (TPSA) is 43.2 Å². The number of piperidine rings is 1. The van der Waals surface area contributed by atoms with E-state index in [4.69, 9.17) is 4.74 Å². The number of rotatable bonds is 5. The molecule has 2 heterocycles. The molecule has 0 amide bonds. The summed E-state index contributed by atoms with van der Waals surface area (Å²) in [7, 11) is 1.70. The fraction of sp³-hybridized carbons (Fsp3) is 0.846. The number of aromatic nitrogens is 3. The van der Waals surface area contributed by atoms with Crippen molar-refractivity contribution < 1.29 is 4.74 Å². The zero-order chi connectivity index (χ0) is 13.0. The Labute approximate surface area is 109 Å². The second-order valence-electron chi connectivity index (χ2n) is 5.48. The van der Waals surface area contributed by atoms with Crippen molar-refractivity contribution in [3.63, 3.8) is 0 Å². The molecule has 0 radical (unpaired) electrons. The number of hydrogen-bond donors (Lipinski definition) is 0. The van der Waals surface area contributed by atoms with Gasteiger partial charge in [-0.05, 0) is 39.8 Å². The summed E-state index contributed by atoms with van der Waals surface area (Å²) in [6.45, 7) is 8.44. The predicted molar refractivity (Wildman–Crippen MR) is 70.3 cm³/mol. The third kappa shape index (κ3) is 3.29. The Morgan fingerprint density at radius 2 is 1.94 bits per heavy atom. The molecule has 0 N–H and O–H groups in total. The molecule has 1 aromatic heterocycles. The van der Waals surface area contributed by atoms with Gasteiger partial charge in [-0.3, -0.25) is 4.68 Å². The Bertz CT molecular complexity index is 369. The average molecular weight is 252 g/mol. The van der Waals surface area contributed by atoms with Crippen LogP contribution in [0.3, 0.4) is 0 Å². The molecule has 0 aromatic carbocycles. The minimum absolute atomic E-state index is 0.358. The quantitative estimate of drug-likeness (QED) is 0.799. The van der Waals surface area contributed by atoms with Crippen LogP contribution in [-0.2, 0) is 16.9 Å². The Balaban J connectivity index is 1.86. The number of nitrogens with zero attached hydrogens (tertiary/aromatic N) is 4. The summed E-state index contributed by atoms with van der Waals surface area (Å²) in [4.78, 5) is 2.51. The van der Waals surface area contributed by atoms with E-state index in [1.54, 1.807) is 7.11 Å². The van der Waals surface area contributed by atoms with Crippen LogP contribution in [0, 0.1) is 0 Å². The largest absolute Gasteiger partial charge is 0.372 e. The normalized spacial score (nSPS) is 18.2. The average Bonchev–Trinajstić information content (AvgIpc) is 2.87. The molecule has 5 nitrogen and oxygen atoms in total. The van der Waals surface area contributed by atoms with Crippen molar-refractivity contribution >= 4 is 0 Å². The van der Waals surface area contributed by atoms with E-state index < -0.39 is 0 Å². The minimum Gasteiger partial charge on any atom is -0.372 e. The SMILES string of the molecule is COC(C)(C)c1cn(CCN2CCCCC2)nn1. The van der Waals surface area contributed by atoms with E-state index in [1.165, 1.54) is 32.4 Å². The molecular formula is C13H24N4O. The minimum atomic E-state index is -0.358. The van der Waals surface area contributed by atoms with Gasteiger partial charge in [0.15, 0.2) is 0 Å². The summed E-state index contributed by atoms with van der Waals surface area (Å²) >= 11 is 0. The monoisotopic (exact) mass is 252 g/mol. The second kappa shape index (κ2) is 5.80. The molecule has 0 unspecified atom stereocenters. The maximum atomic E-state index is 5.41. The highest BCUT2D eigenvalue weighted by Gasteiger charge is 2.23. The van der Waals surface area contributed by atoms with Crippen LogP contribution in [0.1, 0.15) is 38.8 Å². The lowest BCUT2D eigenvalue weighted by Gasteiger charge is -2.26. The lowest BCUT2D eigenvalue weighted by atomic mass is 10.1. The number of hydrogen-bond acceptors (Lipinski definition) is 4. The van der Waals surface area contributed by atoms with E-state index in [9.17, 15) is 0 Å². The van der Waals surface area contributed by atoms with Crippen LogP contribution in [0.4, 0.5) is 0 Å².